The third-order valence-corrected chi connectivity index (χ3v) is 5.68. The van der Waals surface area contributed by atoms with Gasteiger partial charge in [-0.25, -0.2) is 9.18 Å². The molecule has 4 rings (SSSR count). The summed E-state index contributed by atoms with van der Waals surface area (Å²) in [6.45, 7) is 0.0868. The Kier molecular flexibility index (Phi) is 5.52. The lowest BCUT2D eigenvalue weighted by Crippen LogP contribution is -2.46. The first-order valence-electron chi connectivity index (χ1n) is 9.58. The van der Waals surface area contributed by atoms with Crippen LogP contribution in [0.15, 0.2) is 42.5 Å². The molecule has 0 saturated carbocycles. The van der Waals surface area contributed by atoms with E-state index in [9.17, 15) is 27.2 Å². The summed E-state index contributed by atoms with van der Waals surface area (Å²) in [7, 11) is 0. The first-order chi connectivity index (χ1) is 15.5. The molecule has 1 aliphatic rings. The SMILES string of the molecule is NC(=O)c1c(-c2cccc(F)c2)nn2c1C(c1ccc(Cl)c(C(F)(F)F)c1)N(C(N)=O)CC2. The monoisotopic (exact) mass is 481 g/mol. The number of carbonyl (C=O) groups is 2. The van der Waals surface area contributed by atoms with E-state index in [2.05, 4.69) is 5.10 Å². The molecule has 1 atom stereocenters. The number of hydrogen-bond acceptors (Lipinski definition) is 3. The maximum absolute atomic E-state index is 13.8. The zero-order chi connectivity index (χ0) is 24.1. The minimum Gasteiger partial charge on any atom is -0.365 e. The van der Waals surface area contributed by atoms with Crippen LogP contribution in [0.3, 0.4) is 0 Å². The number of amides is 3. The van der Waals surface area contributed by atoms with Crippen LogP contribution in [0, 0.1) is 5.82 Å². The fourth-order valence-electron chi connectivity index (χ4n) is 3.99. The number of benzene rings is 2. The number of aromatic nitrogens is 2. The fraction of sp³-hybridized carbons (Fsp3) is 0.190. The largest absolute Gasteiger partial charge is 0.417 e. The first-order valence-corrected chi connectivity index (χ1v) is 9.96. The molecule has 0 aliphatic carbocycles. The second kappa shape index (κ2) is 8.07. The van der Waals surface area contributed by atoms with Gasteiger partial charge in [-0.15, -0.1) is 0 Å². The summed E-state index contributed by atoms with van der Waals surface area (Å²) in [6, 6.07) is 6.27. The Hall–Kier alpha value is -3.60. The molecule has 12 heteroatoms. The predicted molar refractivity (Wildman–Crippen MR) is 111 cm³/mol. The second-order valence-electron chi connectivity index (χ2n) is 7.38. The lowest BCUT2D eigenvalue weighted by Gasteiger charge is -2.36. The number of nitrogens with zero attached hydrogens (tertiary/aromatic N) is 3. The van der Waals surface area contributed by atoms with Crippen LogP contribution in [-0.2, 0) is 12.7 Å². The van der Waals surface area contributed by atoms with Crippen LogP contribution >= 0.6 is 11.6 Å². The third-order valence-electron chi connectivity index (χ3n) is 5.35. The molecule has 0 fully saturated rings. The first kappa shape index (κ1) is 22.6. The Bertz CT molecular complexity index is 1270. The number of urea groups is 1. The van der Waals surface area contributed by atoms with Crippen molar-refractivity contribution in [3.8, 4) is 11.3 Å². The number of hydrogen-bond donors (Lipinski definition) is 2. The van der Waals surface area contributed by atoms with E-state index in [1.807, 2.05) is 0 Å². The summed E-state index contributed by atoms with van der Waals surface area (Å²) < 4.78 is 55.7. The highest BCUT2D eigenvalue weighted by Crippen LogP contribution is 2.41. The zero-order valence-corrected chi connectivity index (χ0v) is 17.5. The molecule has 1 unspecified atom stereocenters. The molecule has 3 aromatic rings. The summed E-state index contributed by atoms with van der Waals surface area (Å²) >= 11 is 5.75. The number of halogens is 5. The fourth-order valence-corrected chi connectivity index (χ4v) is 4.21. The number of rotatable bonds is 3. The van der Waals surface area contributed by atoms with Gasteiger partial charge < -0.3 is 16.4 Å². The molecule has 0 radical (unpaired) electrons. The zero-order valence-electron chi connectivity index (χ0n) is 16.7. The van der Waals surface area contributed by atoms with E-state index >= 15 is 0 Å². The van der Waals surface area contributed by atoms with Crippen molar-refractivity contribution in [1.29, 1.82) is 0 Å². The highest BCUT2D eigenvalue weighted by Gasteiger charge is 2.40. The van der Waals surface area contributed by atoms with Crippen molar-refractivity contribution < 1.29 is 27.2 Å². The molecule has 3 amide bonds. The van der Waals surface area contributed by atoms with E-state index in [-0.39, 0.29) is 41.2 Å². The van der Waals surface area contributed by atoms with Gasteiger partial charge in [0.2, 0.25) is 0 Å². The molecule has 7 nitrogen and oxygen atoms in total. The van der Waals surface area contributed by atoms with Gasteiger partial charge in [0, 0.05) is 12.1 Å². The molecule has 172 valence electrons. The van der Waals surface area contributed by atoms with Crippen LogP contribution in [-0.4, -0.2) is 33.2 Å². The van der Waals surface area contributed by atoms with Gasteiger partial charge in [0.15, 0.2) is 0 Å². The van der Waals surface area contributed by atoms with E-state index in [4.69, 9.17) is 23.1 Å². The Morgan fingerprint density at radius 1 is 1.09 bits per heavy atom. The van der Waals surface area contributed by atoms with E-state index in [1.165, 1.54) is 28.9 Å². The van der Waals surface area contributed by atoms with E-state index < -0.39 is 40.6 Å². The topological polar surface area (TPSA) is 107 Å². The van der Waals surface area contributed by atoms with Crippen LogP contribution in [0.2, 0.25) is 5.02 Å². The lowest BCUT2D eigenvalue weighted by atomic mass is 9.93. The van der Waals surface area contributed by atoms with Gasteiger partial charge in [0.05, 0.1) is 28.4 Å². The quantitative estimate of drug-likeness (QED) is 0.553. The molecule has 2 heterocycles. The minimum absolute atomic E-state index is 0.000308. The smallest absolute Gasteiger partial charge is 0.365 e. The summed E-state index contributed by atoms with van der Waals surface area (Å²) in [4.78, 5) is 25.8. The van der Waals surface area contributed by atoms with Gasteiger partial charge in [-0.2, -0.15) is 18.3 Å². The lowest BCUT2D eigenvalue weighted by molar-refractivity contribution is -0.137. The Morgan fingerprint density at radius 3 is 2.42 bits per heavy atom. The third kappa shape index (κ3) is 3.99. The van der Waals surface area contributed by atoms with Crippen LogP contribution < -0.4 is 11.5 Å². The van der Waals surface area contributed by atoms with Crippen molar-refractivity contribution in [2.45, 2.75) is 18.8 Å². The number of alkyl halides is 3. The van der Waals surface area contributed by atoms with Crippen LogP contribution in [0.1, 0.15) is 33.2 Å². The van der Waals surface area contributed by atoms with E-state index in [0.717, 1.165) is 23.1 Å². The van der Waals surface area contributed by atoms with Crippen molar-refractivity contribution in [3.05, 3.63) is 75.7 Å². The van der Waals surface area contributed by atoms with E-state index in [0.29, 0.717) is 0 Å². The van der Waals surface area contributed by atoms with Crippen molar-refractivity contribution in [2.75, 3.05) is 6.54 Å². The maximum Gasteiger partial charge on any atom is 0.417 e. The molecular formula is C21H16ClF4N5O2. The number of carbonyl (C=O) groups excluding carboxylic acids is 2. The molecule has 1 aliphatic heterocycles. The van der Waals surface area contributed by atoms with Crippen LogP contribution in [0.5, 0.6) is 0 Å². The standard InChI is InChI=1S/C21H16ClF4N5O2/c22-14-5-4-11(9-13(14)21(24,25)26)17-18-15(19(27)32)16(10-2-1-3-12(23)8-10)29-31(18)7-6-30(17)20(28)33/h1-5,8-9,17H,6-7H2,(H2,27,32)(H2,28,33). The van der Waals surface area contributed by atoms with Crippen LogP contribution in [0.25, 0.3) is 11.3 Å². The van der Waals surface area contributed by atoms with Gasteiger partial charge >= 0.3 is 12.2 Å². The Balaban J connectivity index is 1.99. The molecule has 0 saturated heterocycles. The van der Waals surface area contributed by atoms with Gasteiger partial charge in [-0.1, -0.05) is 29.8 Å². The minimum atomic E-state index is -4.77. The summed E-state index contributed by atoms with van der Waals surface area (Å²) in [5.41, 5.74) is 10.2. The average molecular weight is 482 g/mol. The van der Waals surface area contributed by atoms with Crippen molar-refractivity contribution >= 4 is 23.5 Å². The number of fused-ring (bicyclic) bond motifs is 1. The molecule has 1 aromatic heterocycles. The number of nitrogens with two attached hydrogens (primary N) is 2. The van der Waals surface area contributed by atoms with Gasteiger partial charge in [0.25, 0.3) is 5.91 Å². The highest BCUT2D eigenvalue weighted by molar-refractivity contribution is 6.31. The maximum atomic E-state index is 13.8. The molecular weight excluding hydrogens is 466 g/mol. The van der Waals surface area contributed by atoms with Crippen molar-refractivity contribution in [3.63, 3.8) is 0 Å². The second-order valence-corrected chi connectivity index (χ2v) is 7.78. The Morgan fingerprint density at radius 2 is 1.82 bits per heavy atom. The van der Waals surface area contributed by atoms with Crippen LogP contribution in [0.4, 0.5) is 22.4 Å². The van der Waals surface area contributed by atoms with Crippen molar-refractivity contribution in [1.82, 2.24) is 14.7 Å². The van der Waals surface area contributed by atoms with Crippen molar-refractivity contribution in [2.24, 2.45) is 11.5 Å². The molecule has 33 heavy (non-hydrogen) atoms. The molecule has 2 aromatic carbocycles. The summed E-state index contributed by atoms with van der Waals surface area (Å²) in [5, 5.41) is 3.83. The summed E-state index contributed by atoms with van der Waals surface area (Å²) in [6.07, 6.45) is -4.77. The average Bonchev–Trinajstić information content (AvgIpc) is 3.12. The highest BCUT2D eigenvalue weighted by atomic mass is 35.5. The van der Waals surface area contributed by atoms with E-state index in [1.54, 1.807) is 0 Å². The normalized spacial score (nSPS) is 15.9. The Labute approximate surface area is 189 Å². The molecule has 0 bridgehead atoms. The predicted octanol–water partition coefficient (Wildman–Crippen LogP) is 3.94. The van der Waals surface area contributed by atoms with Gasteiger partial charge in [-0.3, -0.25) is 9.48 Å². The van der Waals surface area contributed by atoms with Gasteiger partial charge in [-0.05, 0) is 29.8 Å². The summed E-state index contributed by atoms with van der Waals surface area (Å²) in [5.74, 6) is -1.53. The van der Waals surface area contributed by atoms with Gasteiger partial charge in [0.1, 0.15) is 17.6 Å². The molecule has 4 N–H and O–H groups in total. The molecule has 0 spiro atoms. The number of primary amides is 2.